The molecule has 0 aliphatic rings. The monoisotopic (exact) mass is 356 g/mol. The lowest BCUT2D eigenvalue weighted by Crippen LogP contribution is -2.17. The minimum atomic E-state index is -4.80. The van der Waals surface area contributed by atoms with E-state index in [1.54, 1.807) is 0 Å². The van der Waals surface area contributed by atoms with Gasteiger partial charge in [0.15, 0.2) is 4.90 Å². The Balaban J connectivity index is 2.59. The standard InChI is InChI=1S/C12H8N2O9S/c1-7-12(10(15)4-5-22-7)23-24(20,21)11-3-2-8(13(16)17)6-9(11)14(18)19/h2-6H,1H3. The molecule has 0 saturated heterocycles. The highest BCUT2D eigenvalue weighted by Crippen LogP contribution is 2.30. The number of nitro groups is 2. The molecule has 0 atom stereocenters. The Kier molecular flexibility index (Phi) is 4.33. The molecule has 1 heterocycles. The molecule has 0 aliphatic carbocycles. The molecule has 11 nitrogen and oxygen atoms in total. The van der Waals surface area contributed by atoms with E-state index in [2.05, 4.69) is 4.18 Å². The summed E-state index contributed by atoms with van der Waals surface area (Å²) >= 11 is 0. The van der Waals surface area contributed by atoms with Crippen LogP contribution >= 0.6 is 0 Å². The maximum atomic E-state index is 12.2. The number of hydrogen-bond acceptors (Lipinski definition) is 9. The van der Waals surface area contributed by atoms with Crippen LogP contribution in [0.2, 0.25) is 0 Å². The predicted molar refractivity (Wildman–Crippen MR) is 77.3 cm³/mol. The first-order chi connectivity index (χ1) is 11.1. The van der Waals surface area contributed by atoms with Crippen molar-refractivity contribution in [3.05, 3.63) is 66.7 Å². The average Bonchev–Trinajstić information content (AvgIpc) is 2.50. The number of rotatable bonds is 5. The molecule has 0 bridgehead atoms. The summed E-state index contributed by atoms with van der Waals surface area (Å²) in [5.74, 6) is -0.819. The van der Waals surface area contributed by atoms with Crippen LogP contribution in [0.4, 0.5) is 11.4 Å². The van der Waals surface area contributed by atoms with Crippen LogP contribution in [0, 0.1) is 27.2 Å². The normalized spacial score (nSPS) is 11.0. The van der Waals surface area contributed by atoms with Crippen LogP contribution in [0.3, 0.4) is 0 Å². The molecule has 2 aromatic rings. The number of hydrogen-bond donors (Lipinski definition) is 0. The lowest BCUT2D eigenvalue weighted by molar-refractivity contribution is -0.396. The number of nitrogens with zero attached hydrogens (tertiary/aromatic N) is 2. The second-order valence-electron chi connectivity index (χ2n) is 4.37. The fourth-order valence-electron chi connectivity index (χ4n) is 1.73. The van der Waals surface area contributed by atoms with Gasteiger partial charge in [-0.2, -0.15) is 8.42 Å². The molecule has 0 aliphatic heterocycles. The van der Waals surface area contributed by atoms with Gasteiger partial charge in [-0.05, 0) is 13.0 Å². The third-order valence-electron chi connectivity index (χ3n) is 2.82. The van der Waals surface area contributed by atoms with Gasteiger partial charge in [0.25, 0.3) is 11.4 Å². The van der Waals surface area contributed by atoms with Crippen LogP contribution < -0.4 is 9.61 Å². The molecular weight excluding hydrogens is 348 g/mol. The van der Waals surface area contributed by atoms with E-state index < -0.39 is 47.4 Å². The number of aryl methyl sites for hydroxylation is 1. The quantitative estimate of drug-likeness (QED) is 0.439. The van der Waals surface area contributed by atoms with Crippen molar-refractivity contribution in [2.45, 2.75) is 11.8 Å². The fourth-order valence-corrected chi connectivity index (χ4v) is 2.86. The zero-order chi connectivity index (χ0) is 18.1. The van der Waals surface area contributed by atoms with Crippen molar-refractivity contribution in [1.29, 1.82) is 0 Å². The van der Waals surface area contributed by atoms with Crippen molar-refractivity contribution >= 4 is 21.5 Å². The van der Waals surface area contributed by atoms with Gasteiger partial charge in [-0.1, -0.05) is 0 Å². The van der Waals surface area contributed by atoms with E-state index >= 15 is 0 Å². The molecule has 0 N–H and O–H groups in total. The van der Waals surface area contributed by atoms with E-state index in [4.69, 9.17) is 4.42 Å². The van der Waals surface area contributed by atoms with Crippen LogP contribution in [0.25, 0.3) is 0 Å². The van der Waals surface area contributed by atoms with Crippen molar-refractivity contribution in [1.82, 2.24) is 0 Å². The van der Waals surface area contributed by atoms with Crippen molar-refractivity contribution in [2.75, 3.05) is 0 Å². The van der Waals surface area contributed by atoms with Gasteiger partial charge in [-0.15, -0.1) is 0 Å². The average molecular weight is 356 g/mol. The van der Waals surface area contributed by atoms with E-state index in [1.165, 1.54) is 6.92 Å². The summed E-state index contributed by atoms with van der Waals surface area (Å²) in [5.41, 5.74) is -2.54. The Bertz CT molecular complexity index is 994. The van der Waals surface area contributed by atoms with Crippen LogP contribution in [-0.4, -0.2) is 18.3 Å². The maximum absolute atomic E-state index is 12.2. The van der Waals surface area contributed by atoms with Gasteiger partial charge in [-0.25, -0.2) is 0 Å². The minimum absolute atomic E-state index is 0.157. The largest absolute Gasteiger partial charge is 0.465 e. The highest BCUT2D eigenvalue weighted by molar-refractivity contribution is 7.87. The molecule has 12 heteroatoms. The third kappa shape index (κ3) is 3.22. The first-order valence-corrected chi connectivity index (χ1v) is 7.50. The van der Waals surface area contributed by atoms with Crippen LogP contribution in [0.5, 0.6) is 5.75 Å². The van der Waals surface area contributed by atoms with Gasteiger partial charge in [0.2, 0.25) is 11.2 Å². The highest BCUT2D eigenvalue weighted by atomic mass is 32.2. The Morgan fingerprint density at radius 2 is 1.79 bits per heavy atom. The Morgan fingerprint density at radius 1 is 1.12 bits per heavy atom. The zero-order valence-electron chi connectivity index (χ0n) is 11.9. The predicted octanol–water partition coefficient (Wildman–Crippen LogP) is 1.53. The molecular formula is C12H8N2O9S. The van der Waals surface area contributed by atoms with Crippen molar-refractivity contribution < 1.29 is 26.9 Å². The number of benzene rings is 1. The molecule has 126 valence electrons. The lowest BCUT2D eigenvalue weighted by atomic mass is 10.3. The van der Waals surface area contributed by atoms with Gasteiger partial charge in [0.05, 0.1) is 22.2 Å². The highest BCUT2D eigenvalue weighted by Gasteiger charge is 2.31. The van der Waals surface area contributed by atoms with Gasteiger partial charge in [0, 0.05) is 12.1 Å². The SMILES string of the molecule is Cc1occc(=O)c1OS(=O)(=O)c1ccc([N+](=O)[O-])cc1[N+](=O)[O-]. The van der Waals surface area contributed by atoms with Gasteiger partial charge < -0.3 is 8.60 Å². The molecule has 0 unspecified atom stereocenters. The summed E-state index contributed by atoms with van der Waals surface area (Å²) in [7, 11) is -4.80. The van der Waals surface area contributed by atoms with E-state index in [1.807, 2.05) is 0 Å². The van der Waals surface area contributed by atoms with E-state index in [9.17, 15) is 33.4 Å². The van der Waals surface area contributed by atoms with E-state index in [0.717, 1.165) is 18.4 Å². The summed E-state index contributed by atoms with van der Waals surface area (Å²) in [6, 6.07) is 2.81. The zero-order valence-corrected chi connectivity index (χ0v) is 12.7. The molecule has 0 radical (unpaired) electrons. The summed E-state index contributed by atoms with van der Waals surface area (Å²) in [6.07, 6.45) is 1.02. The first-order valence-electron chi connectivity index (χ1n) is 6.09. The molecule has 2 rings (SSSR count). The van der Waals surface area contributed by atoms with E-state index in [0.29, 0.717) is 12.1 Å². The fraction of sp³-hybridized carbons (Fsp3) is 0.0833. The van der Waals surface area contributed by atoms with Crippen LogP contribution in [0.1, 0.15) is 5.76 Å². The van der Waals surface area contributed by atoms with Crippen molar-refractivity contribution in [2.24, 2.45) is 0 Å². The summed E-state index contributed by atoms with van der Waals surface area (Å²) in [4.78, 5) is 30.4. The molecule has 1 aromatic heterocycles. The molecule has 0 fully saturated rings. The first kappa shape index (κ1) is 17.1. The number of nitro benzene ring substituents is 2. The van der Waals surface area contributed by atoms with E-state index in [-0.39, 0.29) is 5.76 Å². The molecule has 1 aromatic carbocycles. The summed E-state index contributed by atoms with van der Waals surface area (Å²) < 4.78 is 33.9. The van der Waals surface area contributed by atoms with Crippen LogP contribution in [-0.2, 0) is 10.1 Å². The van der Waals surface area contributed by atoms with Gasteiger partial charge in [0.1, 0.15) is 5.76 Å². The number of non-ortho nitro benzene ring substituents is 1. The van der Waals surface area contributed by atoms with Crippen molar-refractivity contribution in [3.8, 4) is 5.75 Å². The maximum Gasteiger partial charge on any atom is 0.346 e. The minimum Gasteiger partial charge on any atom is -0.465 e. The third-order valence-corrected chi connectivity index (χ3v) is 4.09. The Labute approximate surface area is 133 Å². The Morgan fingerprint density at radius 3 is 2.33 bits per heavy atom. The molecule has 0 spiro atoms. The molecule has 0 saturated carbocycles. The topological polar surface area (TPSA) is 160 Å². The molecule has 0 amide bonds. The smallest absolute Gasteiger partial charge is 0.346 e. The Hall–Kier alpha value is -3.28. The lowest BCUT2D eigenvalue weighted by Gasteiger charge is -2.08. The summed E-state index contributed by atoms with van der Waals surface area (Å²) in [6.45, 7) is 1.26. The van der Waals surface area contributed by atoms with Gasteiger partial charge in [-0.3, -0.25) is 25.0 Å². The van der Waals surface area contributed by atoms with Crippen molar-refractivity contribution in [3.63, 3.8) is 0 Å². The van der Waals surface area contributed by atoms with Crippen LogP contribution in [0.15, 0.2) is 44.6 Å². The summed E-state index contributed by atoms with van der Waals surface area (Å²) in [5, 5.41) is 21.7. The second-order valence-corrected chi connectivity index (χ2v) is 5.89. The second kappa shape index (κ2) is 6.08. The molecule has 24 heavy (non-hydrogen) atoms. The van der Waals surface area contributed by atoms with Gasteiger partial charge >= 0.3 is 10.1 Å².